The van der Waals surface area contributed by atoms with E-state index in [9.17, 15) is 0 Å². The molecule has 0 amide bonds. The van der Waals surface area contributed by atoms with Crippen LogP contribution in [0, 0.1) is 29.6 Å². The molecule has 7 unspecified atom stereocenters. The van der Waals surface area contributed by atoms with Gasteiger partial charge < -0.3 is 15.2 Å². The summed E-state index contributed by atoms with van der Waals surface area (Å²) in [5.41, 5.74) is 7.27. The minimum absolute atomic E-state index is 0.0200. The fourth-order valence-electron chi connectivity index (χ4n) is 7.06. The van der Waals surface area contributed by atoms with Crippen molar-refractivity contribution in [2.24, 2.45) is 35.3 Å². The van der Waals surface area contributed by atoms with Gasteiger partial charge in [-0.1, -0.05) is 6.42 Å². The van der Waals surface area contributed by atoms with E-state index in [1.165, 1.54) is 38.5 Å². The van der Waals surface area contributed by atoms with Crippen molar-refractivity contribution < 1.29 is 9.47 Å². The van der Waals surface area contributed by atoms with Crippen LogP contribution in [0.1, 0.15) is 51.4 Å². The Kier molecular flexibility index (Phi) is 2.83. The van der Waals surface area contributed by atoms with Crippen molar-refractivity contribution in [3.63, 3.8) is 0 Å². The molecule has 0 aromatic rings. The molecule has 0 radical (unpaired) electrons. The van der Waals surface area contributed by atoms with E-state index in [2.05, 4.69) is 0 Å². The predicted molar refractivity (Wildman–Crippen MR) is 80.8 cm³/mol. The van der Waals surface area contributed by atoms with Crippen LogP contribution in [-0.4, -0.2) is 31.0 Å². The Balaban J connectivity index is 1.40. The lowest BCUT2D eigenvalue weighted by Crippen LogP contribution is -2.58. The van der Waals surface area contributed by atoms with Crippen molar-refractivity contribution in [1.29, 1.82) is 0 Å². The van der Waals surface area contributed by atoms with Crippen molar-refractivity contribution in [3.05, 3.63) is 0 Å². The first-order valence-electron chi connectivity index (χ1n) is 9.21. The largest absolute Gasteiger partial charge is 0.378 e. The molecule has 3 heteroatoms. The van der Waals surface area contributed by atoms with Crippen LogP contribution in [0.4, 0.5) is 0 Å². The molecule has 5 rings (SSSR count). The van der Waals surface area contributed by atoms with Gasteiger partial charge in [-0.15, -0.1) is 0 Å². The number of hydrogen-bond donors (Lipinski definition) is 1. The molecule has 2 aliphatic heterocycles. The van der Waals surface area contributed by atoms with Gasteiger partial charge in [0.2, 0.25) is 0 Å². The molecular weight excluding hydrogens is 262 g/mol. The Morgan fingerprint density at radius 2 is 1.90 bits per heavy atom. The average Bonchev–Trinajstić information content (AvgIpc) is 3.20. The molecule has 2 N–H and O–H groups in total. The van der Waals surface area contributed by atoms with E-state index in [0.717, 1.165) is 56.3 Å². The third kappa shape index (κ3) is 1.77. The summed E-state index contributed by atoms with van der Waals surface area (Å²) in [5, 5.41) is 0. The van der Waals surface area contributed by atoms with Gasteiger partial charge in [-0.3, -0.25) is 0 Å². The first-order valence-corrected chi connectivity index (χ1v) is 9.21. The van der Waals surface area contributed by atoms with Gasteiger partial charge in [0.05, 0.1) is 12.2 Å². The molecule has 2 bridgehead atoms. The van der Waals surface area contributed by atoms with Gasteiger partial charge in [-0.05, 0) is 68.1 Å². The normalized spacial score (nSPS) is 59.0. The first-order chi connectivity index (χ1) is 10.2. The Morgan fingerprint density at radius 1 is 1.00 bits per heavy atom. The number of rotatable bonds is 1. The second-order valence-corrected chi connectivity index (χ2v) is 8.70. The molecule has 5 fully saturated rings. The van der Waals surface area contributed by atoms with Crippen molar-refractivity contribution in [1.82, 2.24) is 0 Å². The zero-order valence-electron chi connectivity index (χ0n) is 13.1. The maximum Gasteiger partial charge on any atom is 0.0940 e. The molecule has 7 atom stereocenters. The standard InChI is InChI=1S/C18H29NO2/c19-18(9-12-8-16(18)15-3-1-2-14(12)15)13-4-6-21-17(10-13)5-7-20-11-17/h12-16H,1-11,19H2. The van der Waals surface area contributed by atoms with E-state index >= 15 is 0 Å². The number of nitrogens with two attached hydrogens (primary N) is 1. The molecule has 3 aliphatic carbocycles. The van der Waals surface area contributed by atoms with Crippen LogP contribution in [0.15, 0.2) is 0 Å². The van der Waals surface area contributed by atoms with Crippen LogP contribution in [0.5, 0.6) is 0 Å². The van der Waals surface area contributed by atoms with Crippen LogP contribution < -0.4 is 5.73 Å². The van der Waals surface area contributed by atoms with E-state index < -0.39 is 0 Å². The molecule has 118 valence electrons. The van der Waals surface area contributed by atoms with Crippen LogP contribution in [0.3, 0.4) is 0 Å². The molecule has 0 aromatic heterocycles. The highest BCUT2D eigenvalue weighted by atomic mass is 16.6. The van der Waals surface area contributed by atoms with Crippen LogP contribution in [0.2, 0.25) is 0 Å². The van der Waals surface area contributed by atoms with E-state index in [1.807, 2.05) is 0 Å². The highest BCUT2D eigenvalue weighted by Crippen LogP contribution is 2.64. The summed E-state index contributed by atoms with van der Waals surface area (Å²) in [6, 6.07) is 0. The Hall–Kier alpha value is -0.120. The molecule has 2 saturated heterocycles. The highest BCUT2D eigenvalue weighted by Gasteiger charge is 2.62. The number of fused-ring (bicyclic) bond motifs is 5. The summed E-state index contributed by atoms with van der Waals surface area (Å²) >= 11 is 0. The van der Waals surface area contributed by atoms with Crippen molar-refractivity contribution >= 4 is 0 Å². The van der Waals surface area contributed by atoms with Gasteiger partial charge in [0.1, 0.15) is 0 Å². The molecule has 3 nitrogen and oxygen atoms in total. The molecule has 0 aromatic carbocycles. The molecule has 5 aliphatic rings. The molecular formula is C18H29NO2. The smallest absolute Gasteiger partial charge is 0.0940 e. The zero-order chi connectivity index (χ0) is 14.1. The minimum atomic E-state index is 0.0200. The lowest BCUT2D eigenvalue weighted by atomic mass is 9.62. The molecule has 1 spiro atoms. The Labute approximate surface area is 127 Å². The monoisotopic (exact) mass is 291 g/mol. The van der Waals surface area contributed by atoms with Gasteiger partial charge in [-0.25, -0.2) is 0 Å². The Morgan fingerprint density at radius 3 is 2.76 bits per heavy atom. The first kappa shape index (κ1) is 13.3. The summed E-state index contributed by atoms with van der Waals surface area (Å²) in [4.78, 5) is 0. The van der Waals surface area contributed by atoms with Gasteiger partial charge in [0.25, 0.3) is 0 Å². The summed E-state index contributed by atoms with van der Waals surface area (Å²) < 4.78 is 11.8. The van der Waals surface area contributed by atoms with Crippen molar-refractivity contribution in [3.8, 4) is 0 Å². The van der Waals surface area contributed by atoms with Gasteiger partial charge in [-0.2, -0.15) is 0 Å². The summed E-state index contributed by atoms with van der Waals surface area (Å²) in [6.45, 7) is 2.58. The van der Waals surface area contributed by atoms with Crippen LogP contribution in [-0.2, 0) is 9.47 Å². The lowest BCUT2D eigenvalue weighted by molar-refractivity contribution is -0.116. The lowest BCUT2D eigenvalue weighted by Gasteiger charge is -2.50. The van der Waals surface area contributed by atoms with E-state index in [1.54, 1.807) is 0 Å². The summed E-state index contributed by atoms with van der Waals surface area (Å²) in [6.07, 6.45) is 10.6. The summed E-state index contributed by atoms with van der Waals surface area (Å²) in [7, 11) is 0. The van der Waals surface area contributed by atoms with Crippen molar-refractivity contribution in [2.75, 3.05) is 19.8 Å². The van der Waals surface area contributed by atoms with Gasteiger partial charge >= 0.3 is 0 Å². The van der Waals surface area contributed by atoms with Crippen molar-refractivity contribution in [2.45, 2.75) is 62.5 Å². The molecule has 3 saturated carbocycles. The maximum atomic E-state index is 7.13. The fourth-order valence-corrected chi connectivity index (χ4v) is 7.06. The third-order valence-electron chi connectivity index (χ3n) is 7.93. The molecule has 2 heterocycles. The van der Waals surface area contributed by atoms with Gasteiger partial charge in [0, 0.05) is 25.2 Å². The predicted octanol–water partition coefficient (Wildman–Crippen LogP) is 2.73. The van der Waals surface area contributed by atoms with E-state index in [0.29, 0.717) is 5.92 Å². The minimum Gasteiger partial charge on any atom is -0.378 e. The van der Waals surface area contributed by atoms with Crippen LogP contribution >= 0.6 is 0 Å². The number of ether oxygens (including phenoxy) is 2. The second-order valence-electron chi connectivity index (χ2n) is 8.70. The number of hydrogen-bond acceptors (Lipinski definition) is 3. The van der Waals surface area contributed by atoms with E-state index in [4.69, 9.17) is 15.2 Å². The van der Waals surface area contributed by atoms with Gasteiger partial charge in [0.15, 0.2) is 0 Å². The van der Waals surface area contributed by atoms with E-state index in [-0.39, 0.29) is 11.1 Å². The van der Waals surface area contributed by atoms with Crippen LogP contribution in [0.25, 0.3) is 0 Å². The zero-order valence-corrected chi connectivity index (χ0v) is 13.1. The Bertz CT molecular complexity index is 433. The highest BCUT2D eigenvalue weighted by molar-refractivity contribution is 5.15. The fraction of sp³-hybridized carbons (Fsp3) is 1.00. The maximum absolute atomic E-state index is 7.13. The second kappa shape index (κ2) is 4.46. The average molecular weight is 291 g/mol. The quantitative estimate of drug-likeness (QED) is 0.808. The third-order valence-corrected chi connectivity index (χ3v) is 7.93. The summed E-state index contributed by atoms with van der Waals surface area (Å²) in [5.74, 6) is 4.44. The SMILES string of the molecule is NC1(C2CCOC3(CCOC3)C2)CC2CC1C1CCCC21. The topological polar surface area (TPSA) is 44.5 Å². The molecule has 21 heavy (non-hydrogen) atoms.